The second-order valence-corrected chi connectivity index (χ2v) is 3.36. The molecule has 0 heterocycles. The highest BCUT2D eigenvalue weighted by Crippen LogP contribution is 2.23. The number of ether oxygens (including phenoxy) is 2. The van der Waals surface area contributed by atoms with Crippen molar-refractivity contribution in [3.05, 3.63) is 0 Å². The molecule has 0 saturated carbocycles. The Bertz CT molecular complexity index is 192. The third-order valence-corrected chi connectivity index (χ3v) is 1.74. The lowest BCUT2D eigenvalue weighted by Crippen LogP contribution is -2.40. The Labute approximate surface area is 78.2 Å². The van der Waals surface area contributed by atoms with Crippen LogP contribution in [0, 0.1) is 5.92 Å². The van der Waals surface area contributed by atoms with E-state index in [0.29, 0.717) is 0 Å². The molecule has 0 aliphatic carbocycles. The topological polar surface area (TPSA) is 52.6 Å². The van der Waals surface area contributed by atoms with Crippen LogP contribution in [0.2, 0.25) is 0 Å². The molecule has 13 heavy (non-hydrogen) atoms. The summed E-state index contributed by atoms with van der Waals surface area (Å²) < 4.78 is 9.86. The van der Waals surface area contributed by atoms with Crippen LogP contribution in [0.5, 0.6) is 0 Å². The van der Waals surface area contributed by atoms with Crippen LogP contribution in [0.3, 0.4) is 0 Å². The zero-order valence-electron chi connectivity index (χ0n) is 8.71. The maximum Gasteiger partial charge on any atom is 0.305 e. The second kappa shape index (κ2) is 4.25. The van der Waals surface area contributed by atoms with E-state index in [1.165, 1.54) is 13.8 Å². The fraction of sp³-hybridized carbons (Fsp3) is 0.778. The van der Waals surface area contributed by atoms with Gasteiger partial charge in [-0.15, -0.1) is 0 Å². The summed E-state index contributed by atoms with van der Waals surface area (Å²) in [6.07, 6.45) is 0. The number of carbonyl (C=O) groups is 2. The first-order valence-corrected chi connectivity index (χ1v) is 4.17. The minimum atomic E-state index is -1.16. The van der Waals surface area contributed by atoms with Crippen LogP contribution in [0.1, 0.15) is 34.6 Å². The number of rotatable bonds is 3. The smallest absolute Gasteiger partial charge is 0.305 e. The van der Waals surface area contributed by atoms with Crippen LogP contribution >= 0.6 is 0 Å². The minimum Gasteiger partial charge on any atom is -0.423 e. The van der Waals surface area contributed by atoms with E-state index in [2.05, 4.69) is 0 Å². The molecule has 0 bridgehead atoms. The zero-order valence-corrected chi connectivity index (χ0v) is 8.71. The maximum atomic E-state index is 10.7. The average molecular weight is 188 g/mol. The van der Waals surface area contributed by atoms with Crippen molar-refractivity contribution in [2.45, 2.75) is 40.4 Å². The lowest BCUT2D eigenvalue weighted by molar-refractivity contribution is -0.234. The molecule has 0 saturated heterocycles. The summed E-state index contributed by atoms with van der Waals surface area (Å²) in [5.41, 5.74) is 0. The fourth-order valence-electron chi connectivity index (χ4n) is 0.827. The number of hydrogen-bond acceptors (Lipinski definition) is 4. The average Bonchev–Trinajstić information content (AvgIpc) is 1.82. The van der Waals surface area contributed by atoms with Gasteiger partial charge in [0.15, 0.2) is 0 Å². The predicted molar refractivity (Wildman–Crippen MR) is 46.8 cm³/mol. The predicted octanol–water partition coefficient (Wildman–Crippen LogP) is 1.48. The van der Waals surface area contributed by atoms with Crippen LogP contribution in [0.4, 0.5) is 0 Å². The van der Waals surface area contributed by atoms with Crippen LogP contribution in [0.15, 0.2) is 0 Å². The molecular weight excluding hydrogens is 172 g/mol. The number of esters is 2. The molecule has 0 rings (SSSR count). The Kier molecular flexibility index (Phi) is 3.91. The molecule has 0 spiro atoms. The molecule has 0 fully saturated rings. The first-order chi connectivity index (χ1) is 5.78. The van der Waals surface area contributed by atoms with Gasteiger partial charge < -0.3 is 9.47 Å². The molecule has 4 nitrogen and oxygen atoms in total. The molecule has 0 unspecified atom stereocenters. The SMILES string of the molecule is CC(=O)OC(C)(OC(C)=O)C(C)C. The molecule has 0 aliphatic rings. The minimum absolute atomic E-state index is 0.0831. The highest BCUT2D eigenvalue weighted by molar-refractivity contribution is 5.68. The molecule has 0 aromatic carbocycles. The summed E-state index contributed by atoms with van der Waals surface area (Å²) in [6.45, 7) is 7.76. The maximum absolute atomic E-state index is 10.7. The van der Waals surface area contributed by atoms with Gasteiger partial charge in [-0.25, -0.2) is 0 Å². The zero-order chi connectivity index (χ0) is 10.6. The Balaban J connectivity index is 4.52. The molecule has 0 radical (unpaired) electrons. The van der Waals surface area contributed by atoms with Gasteiger partial charge in [0.1, 0.15) is 0 Å². The van der Waals surface area contributed by atoms with E-state index in [9.17, 15) is 9.59 Å². The highest BCUT2D eigenvalue weighted by Gasteiger charge is 2.35. The van der Waals surface area contributed by atoms with Crippen LogP contribution in [-0.2, 0) is 19.1 Å². The Morgan fingerprint density at radius 2 is 1.38 bits per heavy atom. The summed E-state index contributed by atoms with van der Waals surface area (Å²) in [5.74, 6) is -2.16. The van der Waals surface area contributed by atoms with Gasteiger partial charge in [0.25, 0.3) is 5.79 Å². The van der Waals surface area contributed by atoms with E-state index in [-0.39, 0.29) is 5.92 Å². The number of carbonyl (C=O) groups excluding carboxylic acids is 2. The van der Waals surface area contributed by atoms with Crippen molar-refractivity contribution in [1.29, 1.82) is 0 Å². The number of hydrogen-bond donors (Lipinski definition) is 0. The van der Waals surface area contributed by atoms with Gasteiger partial charge in [-0.3, -0.25) is 9.59 Å². The lowest BCUT2D eigenvalue weighted by Gasteiger charge is -2.31. The van der Waals surface area contributed by atoms with E-state index in [4.69, 9.17) is 9.47 Å². The molecule has 76 valence electrons. The van der Waals surface area contributed by atoms with E-state index in [1.807, 2.05) is 13.8 Å². The Morgan fingerprint density at radius 3 is 1.54 bits per heavy atom. The molecule has 0 aromatic rings. The van der Waals surface area contributed by atoms with E-state index in [0.717, 1.165) is 0 Å². The van der Waals surface area contributed by atoms with Gasteiger partial charge in [0, 0.05) is 26.7 Å². The van der Waals surface area contributed by atoms with Gasteiger partial charge in [0.2, 0.25) is 0 Å². The van der Waals surface area contributed by atoms with Crippen molar-refractivity contribution in [2.24, 2.45) is 5.92 Å². The lowest BCUT2D eigenvalue weighted by atomic mass is 10.1. The van der Waals surface area contributed by atoms with Crippen molar-refractivity contribution in [2.75, 3.05) is 0 Å². The highest BCUT2D eigenvalue weighted by atomic mass is 16.7. The van der Waals surface area contributed by atoms with Crippen molar-refractivity contribution in [3.8, 4) is 0 Å². The van der Waals surface area contributed by atoms with Crippen LogP contribution in [-0.4, -0.2) is 17.7 Å². The van der Waals surface area contributed by atoms with E-state index < -0.39 is 17.7 Å². The summed E-state index contributed by atoms with van der Waals surface area (Å²) >= 11 is 0. The van der Waals surface area contributed by atoms with Crippen LogP contribution in [0.25, 0.3) is 0 Å². The summed E-state index contributed by atoms with van der Waals surface area (Å²) in [4.78, 5) is 21.5. The molecule has 0 aromatic heterocycles. The largest absolute Gasteiger partial charge is 0.423 e. The van der Waals surface area contributed by atoms with Gasteiger partial charge in [-0.1, -0.05) is 13.8 Å². The molecule has 0 aliphatic heterocycles. The summed E-state index contributed by atoms with van der Waals surface area (Å²) in [6, 6.07) is 0. The van der Waals surface area contributed by atoms with Gasteiger partial charge >= 0.3 is 11.9 Å². The molecule has 0 atom stereocenters. The Morgan fingerprint density at radius 1 is 1.08 bits per heavy atom. The van der Waals surface area contributed by atoms with Crippen molar-refractivity contribution in [3.63, 3.8) is 0 Å². The molecule has 0 amide bonds. The summed E-state index contributed by atoms with van der Waals surface area (Å²) in [7, 11) is 0. The van der Waals surface area contributed by atoms with E-state index >= 15 is 0 Å². The molecule has 0 N–H and O–H groups in total. The van der Waals surface area contributed by atoms with E-state index in [1.54, 1.807) is 6.92 Å². The first-order valence-electron chi connectivity index (χ1n) is 4.17. The third kappa shape index (κ3) is 3.92. The summed E-state index contributed by atoms with van der Waals surface area (Å²) in [5, 5.41) is 0. The van der Waals surface area contributed by atoms with Crippen molar-refractivity contribution >= 4 is 11.9 Å². The van der Waals surface area contributed by atoms with Gasteiger partial charge in [-0.05, 0) is 0 Å². The quantitative estimate of drug-likeness (QED) is 0.497. The fourth-order valence-corrected chi connectivity index (χ4v) is 0.827. The third-order valence-electron chi connectivity index (χ3n) is 1.74. The standard InChI is InChI=1S/C9H16O4/c1-6(2)9(5,12-7(3)10)13-8(4)11/h6H,1-5H3. The Hall–Kier alpha value is -1.06. The van der Waals surface area contributed by atoms with Gasteiger partial charge in [0.05, 0.1) is 0 Å². The second-order valence-electron chi connectivity index (χ2n) is 3.36. The van der Waals surface area contributed by atoms with Crippen molar-refractivity contribution in [1.82, 2.24) is 0 Å². The normalized spacial score (nSPS) is 11.2. The van der Waals surface area contributed by atoms with Crippen LogP contribution < -0.4 is 0 Å². The first kappa shape index (κ1) is 11.9. The molecular formula is C9H16O4. The monoisotopic (exact) mass is 188 g/mol. The molecule has 4 heteroatoms. The van der Waals surface area contributed by atoms with Gasteiger partial charge in [-0.2, -0.15) is 0 Å². The van der Waals surface area contributed by atoms with Crippen molar-refractivity contribution < 1.29 is 19.1 Å².